The summed E-state index contributed by atoms with van der Waals surface area (Å²) in [5.41, 5.74) is 1.03. The van der Waals surface area contributed by atoms with Gasteiger partial charge in [0.05, 0.1) is 26.5 Å². The molecule has 0 saturated heterocycles. The van der Waals surface area contributed by atoms with Crippen LogP contribution in [0.3, 0.4) is 0 Å². The summed E-state index contributed by atoms with van der Waals surface area (Å²) in [5.74, 6) is 0.894. The van der Waals surface area contributed by atoms with Crippen LogP contribution in [0, 0.1) is 0 Å². The van der Waals surface area contributed by atoms with Crippen molar-refractivity contribution in [1.82, 2.24) is 24.6 Å². The molecule has 1 N–H and O–H groups in total. The van der Waals surface area contributed by atoms with E-state index in [4.69, 9.17) is 9.47 Å². The predicted molar refractivity (Wildman–Crippen MR) is 98.9 cm³/mol. The van der Waals surface area contributed by atoms with Crippen molar-refractivity contribution in [2.45, 2.75) is 19.5 Å². The standard InChI is InChI=1S/C18H21N5O4/c1-11(12-5-6-14(26-3)15(7-12)27-4)21-16(24)9-23-10-19-17-13(18(23)25)8-20-22(17)2/h5-8,10-11H,9H2,1-4H3,(H,21,24). The number of hydrogen-bond donors (Lipinski definition) is 1. The lowest BCUT2D eigenvalue weighted by Gasteiger charge is -2.17. The summed E-state index contributed by atoms with van der Waals surface area (Å²) in [6.45, 7) is 1.72. The molecule has 142 valence electrons. The van der Waals surface area contributed by atoms with E-state index >= 15 is 0 Å². The van der Waals surface area contributed by atoms with Crippen molar-refractivity contribution < 1.29 is 14.3 Å². The molecule has 2 aromatic heterocycles. The Kier molecular flexibility index (Phi) is 5.11. The van der Waals surface area contributed by atoms with Gasteiger partial charge in [0.2, 0.25) is 5.91 Å². The lowest BCUT2D eigenvalue weighted by atomic mass is 10.1. The van der Waals surface area contributed by atoms with E-state index in [1.54, 1.807) is 33.4 Å². The molecule has 2 heterocycles. The Labute approximate surface area is 155 Å². The second-order valence-electron chi connectivity index (χ2n) is 6.09. The molecule has 0 aliphatic carbocycles. The normalized spacial score (nSPS) is 12.0. The number of aromatic nitrogens is 4. The van der Waals surface area contributed by atoms with Crippen LogP contribution in [-0.2, 0) is 18.4 Å². The van der Waals surface area contributed by atoms with Gasteiger partial charge in [0.15, 0.2) is 17.1 Å². The van der Waals surface area contributed by atoms with Crippen molar-refractivity contribution >= 4 is 16.9 Å². The average Bonchev–Trinajstić information content (AvgIpc) is 3.05. The molecule has 0 fully saturated rings. The van der Waals surface area contributed by atoms with Crippen molar-refractivity contribution in [1.29, 1.82) is 0 Å². The van der Waals surface area contributed by atoms with E-state index in [9.17, 15) is 9.59 Å². The maximum Gasteiger partial charge on any atom is 0.264 e. The van der Waals surface area contributed by atoms with E-state index in [0.29, 0.717) is 22.5 Å². The minimum Gasteiger partial charge on any atom is -0.493 e. The SMILES string of the molecule is COc1ccc(C(C)NC(=O)Cn2cnc3c(cnn3C)c2=O)cc1OC. The average molecular weight is 371 g/mol. The monoisotopic (exact) mass is 371 g/mol. The fourth-order valence-electron chi connectivity index (χ4n) is 2.83. The van der Waals surface area contributed by atoms with Gasteiger partial charge in [0, 0.05) is 7.05 Å². The lowest BCUT2D eigenvalue weighted by molar-refractivity contribution is -0.122. The minimum absolute atomic E-state index is 0.131. The Hall–Kier alpha value is -3.36. The van der Waals surface area contributed by atoms with Crippen LogP contribution in [0.25, 0.3) is 11.0 Å². The molecule has 0 aliphatic rings. The van der Waals surface area contributed by atoms with Gasteiger partial charge >= 0.3 is 0 Å². The molecule has 1 atom stereocenters. The molecule has 9 nitrogen and oxygen atoms in total. The van der Waals surface area contributed by atoms with Crippen molar-refractivity contribution in [2.24, 2.45) is 7.05 Å². The van der Waals surface area contributed by atoms with Gasteiger partial charge in [-0.15, -0.1) is 0 Å². The number of rotatable bonds is 6. The van der Waals surface area contributed by atoms with E-state index in [1.807, 2.05) is 13.0 Å². The molecule has 1 amide bonds. The molecule has 0 aliphatic heterocycles. The fourth-order valence-corrected chi connectivity index (χ4v) is 2.83. The summed E-state index contributed by atoms with van der Waals surface area (Å²) in [5, 5.41) is 7.26. The number of fused-ring (bicyclic) bond motifs is 1. The molecule has 0 bridgehead atoms. The number of hydrogen-bond acceptors (Lipinski definition) is 6. The summed E-state index contributed by atoms with van der Waals surface area (Å²) >= 11 is 0. The maximum atomic E-state index is 12.4. The zero-order chi connectivity index (χ0) is 19.6. The van der Waals surface area contributed by atoms with Gasteiger partial charge in [-0.1, -0.05) is 6.07 Å². The highest BCUT2D eigenvalue weighted by Crippen LogP contribution is 2.29. The molecular weight excluding hydrogens is 350 g/mol. The summed E-state index contributed by atoms with van der Waals surface area (Å²) < 4.78 is 13.3. The first-order chi connectivity index (χ1) is 12.9. The van der Waals surface area contributed by atoms with Crippen LogP contribution >= 0.6 is 0 Å². The summed E-state index contributed by atoms with van der Waals surface area (Å²) in [6, 6.07) is 5.16. The van der Waals surface area contributed by atoms with E-state index in [1.165, 1.54) is 21.8 Å². The predicted octanol–water partition coefficient (Wildman–Crippen LogP) is 1.02. The number of carbonyl (C=O) groups is 1. The van der Waals surface area contributed by atoms with Gasteiger partial charge in [0.1, 0.15) is 18.3 Å². The van der Waals surface area contributed by atoms with Crippen LogP contribution in [0.4, 0.5) is 0 Å². The van der Waals surface area contributed by atoms with E-state index in [0.717, 1.165) is 5.56 Å². The third-order valence-corrected chi connectivity index (χ3v) is 4.32. The Bertz CT molecular complexity index is 1040. The third-order valence-electron chi connectivity index (χ3n) is 4.32. The maximum absolute atomic E-state index is 12.4. The van der Waals surface area contributed by atoms with Gasteiger partial charge in [0.25, 0.3) is 5.56 Å². The molecule has 1 unspecified atom stereocenters. The first-order valence-electron chi connectivity index (χ1n) is 8.33. The molecule has 9 heteroatoms. The number of ether oxygens (including phenoxy) is 2. The van der Waals surface area contributed by atoms with Gasteiger partial charge < -0.3 is 14.8 Å². The van der Waals surface area contributed by atoms with Crippen molar-refractivity contribution in [2.75, 3.05) is 14.2 Å². The molecule has 0 radical (unpaired) electrons. The Morgan fingerprint density at radius 3 is 2.70 bits per heavy atom. The van der Waals surface area contributed by atoms with E-state index < -0.39 is 0 Å². The number of aryl methyl sites for hydroxylation is 1. The Balaban J connectivity index is 1.74. The minimum atomic E-state index is -0.304. The van der Waals surface area contributed by atoms with Crippen LogP contribution < -0.4 is 20.3 Å². The van der Waals surface area contributed by atoms with Gasteiger partial charge in [-0.3, -0.25) is 18.8 Å². The quantitative estimate of drug-likeness (QED) is 0.694. The highest BCUT2D eigenvalue weighted by Gasteiger charge is 2.15. The first kappa shape index (κ1) is 18.4. The van der Waals surface area contributed by atoms with Crippen LogP contribution in [0.2, 0.25) is 0 Å². The van der Waals surface area contributed by atoms with Crippen LogP contribution in [-0.4, -0.2) is 39.5 Å². The number of amides is 1. The number of methoxy groups -OCH3 is 2. The third kappa shape index (κ3) is 3.62. The second-order valence-corrected chi connectivity index (χ2v) is 6.09. The second kappa shape index (κ2) is 7.48. The molecular formula is C18H21N5O4. The van der Waals surface area contributed by atoms with Crippen LogP contribution in [0.1, 0.15) is 18.5 Å². The molecule has 3 rings (SSSR count). The van der Waals surface area contributed by atoms with Crippen molar-refractivity contribution in [3.63, 3.8) is 0 Å². The zero-order valence-corrected chi connectivity index (χ0v) is 15.6. The number of carbonyl (C=O) groups excluding carboxylic acids is 1. The largest absolute Gasteiger partial charge is 0.493 e. The zero-order valence-electron chi connectivity index (χ0n) is 15.6. The smallest absolute Gasteiger partial charge is 0.264 e. The first-order valence-corrected chi connectivity index (χ1v) is 8.33. The molecule has 1 aromatic carbocycles. The van der Waals surface area contributed by atoms with Crippen molar-refractivity contribution in [3.8, 4) is 11.5 Å². The highest BCUT2D eigenvalue weighted by molar-refractivity contribution is 5.77. The summed E-state index contributed by atoms with van der Waals surface area (Å²) in [4.78, 5) is 29.0. The van der Waals surface area contributed by atoms with Crippen molar-refractivity contribution in [3.05, 3.63) is 46.6 Å². The highest BCUT2D eigenvalue weighted by atomic mass is 16.5. The van der Waals surface area contributed by atoms with Crippen LogP contribution in [0.15, 0.2) is 35.5 Å². The molecule has 0 spiro atoms. The van der Waals surface area contributed by atoms with Gasteiger partial charge in [-0.25, -0.2) is 4.98 Å². The Morgan fingerprint density at radius 1 is 1.26 bits per heavy atom. The topological polar surface area (TPSA) is 100 Å². The fraction of sp³-hybridized carbons (Fsp3) is 0.333. The van der Waals surface area contributed by atoms with Gasteiger partial charge in [-0.2, -0.15) is 5.10 Å². The Morgan fingerprint density at radius 2 is 2.00 bits per heavy atom. The van der Waals surface area contributed by atoms with E-state index in [2.05, 4.69) is 15.4 Å². The van der Waals surface area contributed by atoms with E-state index in [-0.39, 0.29) is 24.1 Å². The molecule has 3 aromatic rings. The molecule has 27 heavy (non-hydrogen) atoms. The number of nitrogens with zero attached hydrogens (tertiary/aromatic N) is 4. The van der Waals surface area contributed by atoms with Gasteiger partial charge in [-0.05, 0) is 24.6 Å². The number of nitrogens with one attached hydrogen (secondary N) is 1. The number of benzene rings is 1. The molecule has 0 saturated carbocycles. The van der Waals surface area contributed by atoms with Crippen LogP contribution in [0.5, 0.6) is 11.5 Å². The summed E-state index contributed by atoms with van der Waals surface area (Å²) in [6.07, 6.45) is 2.80. The lowest BCUT2D eigenvalue weighted by Crippen LogP contribution is -2.34. The summed E-state index contributed by atoms with van der Waals surface area (Å²) in [7, 11) is 4.82.